The monoisotopic (exact) mass is 405 g/mol. The number of hydrogen-bond donors (Lipinski definition) is 1. The van der Waals surface area contributed by atoms with Gasteiger partial charge in [-0.25, -0.2) is 4.98 Å². The van der Waals surface area contributed by atoms with Crippen LogP contribution >= 0.6 is 11.3 Å². The number of nitrogens with one attached hydrogen (secondary N) is 1. The third kappa shape index (κ3) is 5.46. The summed E-state index contributed by atoms with van der Waals surface area (Å²) in [5.41, 5.74) is 1.55. The van der Waals surface area contributed by atoms with Gasteiger partial charge in [-0.1, -0.05) is 20.8 Å². The third-order valence-electron chi connectivity index (χ3n) is 4.81. The number of anilines is 1. The Hall–Kier alpha value is -1.57. The van der Waals surface area contributed by atoms with Crippen molar-refractivity contribution in [2.45, 2.75) is 50.3 Å². The molecule has 146 valence electrons. The first kappa shape index (κ1) is 20.2. The summed E-state index contributed by atoms with van der Waals surface area (Å²) < 4.78 is 12.1. The van der Waals surface area contributed by atoms with Crippen LogP contribution in [0.4, 0.5) is 5.13 Å². The molecule has 3 rings (SSSR count). The van der Waals surface area contributed by atoms with Gasteiger partial charge in [0.05, 0.1) is 16.5 Å². The lowest BCUT2D eigenvalue weighted by Gasteiger charge is -2.29. The summed E-state index contributed by atoms with van der Waals surface area (Å²) >= 11 is 1.46. The maximum absolute atomic E-state index is 12.4. The second-order valence-corrected chi connectivity index (χ2v) is 10.3. The Balaban J connectivity index is 1.56. The minimum absolute atomic E-state index is 0.0570. The number of rotatable bonds is 6. The summed E-state index contributed by atoms with van der Waals surface area (Å²) in [5.74, 6) is 0.625. The van der Waals surface area contributed by atoms with E-state index in [1.165, 1.54) is 24.2 Å². The van der Waals surface area contributed by atoms with Crippen molar-refractivity contribution >= 4 is 33.2 Å². The molecule has 1 unspecified atom stereocenters. The van der Waals surface area contributed by atoms with Crippen molar-refractivity contribution in [1.82, 2.24) is 9.88 Å². The van der Waals surface area contributed by atoms with Gasteiger partial charge < -0.3 is 0 Å². The van der Waals surface area contributed by atoms with Crippen LogP contribution in [0.5, 0.6) is 0 Å². The molecule has 1 fully saturated rings. The molecule has 0 aliphatic carbocycles. The number of likely N-dealkylation sites (tertiary alicyclic amines) is 1. The Morgan fingerprint density at radius 1 is 1.30 bits per heavy atom. The van der Waals surface area contributed by atoms with Crippen LogP contribution in [0.2, 0.25) is 0 Å². The first-order valence-electron chi connectivity index (χ1n) is 9.41. The first-order chi connectivity index (χ1) is 12.9. The molecule has 1 N–H and O–H groups in total. The maximum Gasteiger partial charge on any atom is 0.257 e. The van der Waals surface area contributed by atoms with E-state index in [0.29, 0.717) is 10.7 Å². The molecule has 1 aliphatic rings. The van der Waals surface area contributed by atoms with Gasteiger partial charge in [-0.2, -0.15) is 0 Å². The summed E-state index contributed by atoms with van der Waals surface area (Å²) in [6, 6.07) is 6.95. The normalized spacial score (nSPS) is 17.2. The zero-order valence-corrected chi connectivity index (χ0v) is 17.7. The predicted molar refractivity (Wildman–Crippen MR) is 112 cm³/mol. The largest absolute Gasteiger partial charge is 0.298 e. The highest BCUT2D eigenvalue weighted by molar-refractivity contribution is 7.85. The number of carbonyl (C=O) groups excluding carboxylic acids is 1. The molecular weight excluding hydrogens is 378 g/mol. The van der Waals surface area contributed by atoms with E-state index in [9.17, 15) is 9.00 Å². The van der Waals surface area contributed by atoms with E-state index in [1.807, 2.05) is 19.2 Å². The quantitative estimate of drug-likeness (QED) is 0.784. The molecule has 1 aromatic heterocycles. The minimum Gasteiger partial charge on any atom is -0.298 e. The van der Waals surface area contributed by atoms with Gasteiger partial charge in [0, 0.05) is 27.6 Å². The third-order valence-corrected chi connectivity index (χ3v) is 7.21. The number of carbonyl (C=O) groups is 1. The van der Waals surface area contributed by atoms with E-state index in [0.717, 1.165) is 36.1 Å². The van der Waals surface area contributed by atoms with Crippen molar-refractivity contribution in [3.63, 3.8) is 0 Å². The summed E-state index contributed by atoms with van der Waals surface area (Å²) in [6.07, 6.45) is 2.48. The molecule has 1 atom stereocenters. The Morgan fingerprint density at radius 3 is 2.59 bits per heavy atom. The second-order valence-electron chi connectivity index (χ2n) is 7.43. The van der Waals surface area contributed by atoms with Crippen LogP contribution in [0.1, 0.15) is 49.7 Å². The van der Waals surface area contributed by atoms with Crippen LogP contribution in [0.15, 0.2) is 34.5 Å². The van der Waals surface area contributed by atoms with Crippen molar-refractivity contribution in [2.24, 2.45) is 5.92 Å². The number of piperidine rings is 1. The smallest absolute Gasteiger partial charge is 0.257 e. The lowest BCUT2D eigenvalue weighted by Crippen LogP contribution is -2.32. The molecule has 1 aliphatic heterocycles. The number of aromatic nitrogens is 1. The molecule has 1 amide bonds. The summed E-state index contributed by atoms with van der Waals surface area (Å²) in [5, 5.41) is 5.56. The molecule has 0 spiro atoms. The van der Waals surface area contributed by atoms with Gasteiger partial charge in [0.1, 0.15) is 0 Å². The lowest BCUT2D eigenvalue weighted by atomic mass is 9.99. The molecule has 0 radical (unpaired) electrons. The molecule has 27 heavy (non-hydrogen) atoms. The van der Waals surface area contributed by atoms with Gasteiger partial charge in [0.2, 0.25) is 0 Å². The van der Waals surface area contributed by atoms with Crippen molar-refractivity contribution in [3.05, 3.63) is 40.9 Å². The van der Waals surface area contributed by atoms with Crippen molar-refractivity contribution in [1.29, 1.82) is 0 Å². The Morgan fingerprint density at radius 2 is 1.96 bits per heavy atom. The molecule has 7 heteroatoms. The molecular formula is C20H27N3O2S2. The number of benzene rings is 1. The van der Waals surface area contributed by atoms with Crippen LogP contribution in [0.3, 0.4) is 0 Å². The average Bonchev–Trinajstić information content (AvgIpc) is 3.09. The van der Waals surface area contributed by atoms with E-state index in [4.69, 9.17) is 0 Å². The fourth-order valence-electron chi connectivity index (χ4n) is 3.07. The highest BCUT2D eigenvalue weighted by atomic mass is 32.2. The van der Waals surface area contributed by atoms with Crippen LogP contribution in [-0.4, -0.2) is 38.3 Å². The van der Waals surface area contributed by atoms with Crippen LogP contribution in [0.25, 0.3) is 0 Å². The fraction of sp³-hybridized carbons (Fsp3) is 0.500. The first-order valence-corrected chi connectivity index (χ1v) is 11.5. The number of hydrogen-bond acceptors (Lipinski definition) is 5. The Bertz CT molecular complexity index is 794. The van der Waals surface area contributed by atoms with Gasteiger partial charge in [0.25, 0.3) is 5.91 Å². The maximum atomic E-state index is 12.4. The molecule has 2 aromatic rings. The molecule has 0 bridgehead atoms. The van der Waals surface area contributed by atoms with Gasteiger partial charge in [-0.15, -0.1) is 11.3 Å². The summed E-state index contributed by atoms with van der Waals surface area (Å²) in [6.45, 7) is 9.22. The summed E-state index contributed by atoms with van der Waals surface area (Å²) in [4.78, 5) is 20.2. The van der Waals surface area contributed by atoms with Gasteiger partial charge in [-0.05, 0) is 56.1 Å². The zero-order valence-electron chi connectivity index (χ0n) is 16.1. The summed E-state index contributed by atoms with van der Waals surface area (Å²) in [7, 11) is -1.04. The lowest BCUT2D eigenvalue weighted by molar-refractivity contribution is 0.102. The predicted octanol–water partition coefficient (Wildman–Crippen LogP) is 4.14. The van der Waals surface area contributed by atoms with Crippen LogP contribution in [0, 0.1) is 5.92 Å². The van der Waals surface area contributed by atoms with E-state index >= 15 is 0 Å². The minimum atomic E-state index is -1.04. The van der Waals surface area contributed by atoms with Gasteiger partial charge >= 0.3 is 0 Å². The Kier molecular flexibility index (Phi) is 6.78. The zero-order chi connectivity index (χ0) is 19.4. The topological polar surface area (TPSA) is 62.3 Å². The Labute approximate surface area is 167 Å². The molecule has 1 saturated heterocycles. The SMILES string of the molecule is CC1CCN(Cc2csc(NC(=O)c3ccc(S(=O)C(C)C)cc3)n2)CC1. The van der Waals surface area contributed by atoms with Crippen molar-refractivity contribution in [3.8, 4) is 0 Å². The van der Waals surface area contributed by atoms with Gasteiger partial charge in [0.15, 0.2) is 5.13 Å². The molecule has 5 nitrogen and oxygen atoms in total. The van der Waals surface area contributed by atoms with Crippen molar-refractivity contribution < 1.29 is 9.00 Å². The molecule has 2 heterocycles. The van der Waals surface area contributed by atoms with E-state index in [2.05, 4.69) is 22.1 Å². The number of amides is 1. The number of thiazole rings is 1. The number of nitrogens with zero attached hydrogens (tertiary/aromatic N) is 2. The second kappa shape index (κ2) is 9.08. The van der Waals surface area contributed by atoms with Crippen LogP contribution < -0.4 is 5.32 Å². The molecule has 0 saturated carbocycles. The van der Waals surface area contributed by atoms with Gasteiger partial charge in [-0.3, -0.25) is 19.2 Å². The van der Waals surface area contributed by atoms with Crippen molar-refractivity contribution in [2.75, 3.05) is 18.4 Å². The van der Waals surface area contributed by atoms with Crippen LogP contribution in [-0.2, 0) is 17.3 Å². The standard InChI is InChI=1S/C20H27N3O2S2/c1-14(2)27(25)18-6-4-16(5-7-18)19(24)22-20-21-17(13-26-20)12-23-10-8-15(3)9-11-23/h4-7,13-15H,8-12H2,1-3H3,(H,21,22,24). The van der Waals surface area contributed by atoms with E-state index in [1.54, 1.807) is 24.3 Å². The highest BCUT2D eigenvalue weighted by Gasteiger charge is 2.17. The van der Waals surface area contributed by atoms with E-state index in [-0.39, 0.29) is 11.2 Å². The fourth-order valence-corrected chi connectivity index (χ4v) is 4.71. The van der Waals surface area contributed by atoms with E-state index < -0.39 is 10.8 Å². The highest BCUT2D eigenvalue weighted by Crippen LogP contribution is 2.21. The molecule has 1 aromatic carbocycles. The average molecular weight is 406 g/mol.